The second kappa shape index (κ2) is 3.08. The van der Waals surface area contributed by atoms with Crippen molar-refractivity contribution in [2.75, 3.05) is 0 Å². The number of hydrogen-bond donors (Lipinski definition) is 0. The molecule has 1 aromatic carbocycles. The van der Waals surface area contributed by atoms with Crippen LogP contribution in [0.15, 0.2) is 24.3 Å². The molecule has 0 saturated heterocycles. The molecule has 3 rings (SSSR count). The van der Waals surface area contributed by atoms with Crippen LogP contribution in [0.1, 0.15) is 37.2 Å². The zero-order valence-electron chi connectivity index (χ0n) is 8.25. The molecule has 2 fully saturated rings. The Kier molecular flexibility index (Phi) is 1.86. The summed E-state index contributed by atoms with van der Waals surface area (Å²) in [5.74, 6) is 2.20. The van der Waals surface area contributed by atoms with E-state index in [0.717, 1.165) is 17.4 Å². The summed E-state index contributed by atoms with van der Waals surface area (Å²) in [6.45, 7) is 0. The van der Waals surface area contributed by atoms with Crippen molar-refractivity contribution < 1.29 is 4.39 Å². The molecule has 74 valence electrons. The summed E-state index contributed by atoms with van der Waals surface area (Å²) in [6.07, 6.45) is 5.28. The molecule has 0 heterocycles. The van der Waals surface area contributed by atoms with Gasteiger partial charge in [-0.25, -0.2) is 4.39 Å². The molecule has 0 radical (unpaired) electrons. The molecule has 0 unspecified atom stereocenters. The third-order valence-electron chi connectivity index (χ3n) is 4.04. The SMILES string of the molecule is Fc1ccccc1[C@H]1C[C@@H]2CC[C@H]1C2. The minimum Gasteiger partial charge on any atom is -0.207 e. The summed E-state index contributed by atoms with van der Waals surface area (Å²) in [5, 5.41) is 0. The normalized spacial score (nSPS) is 35.1. The van der Waals surface area contributed by atoms with Crippen molar-refractivity contribution in [2.24, 2.45) is 11.8 Å². The predicted molar refractivity (Wildman–Crippen MR) is 54.6 cm³/mol. The highest BCUT2D eigenvalue weighted by molar-refractivity contribution is 5.24. The Morgan fingerprint density at radius 1 is 1.07 bits per heavy atom. The molecule has 1 aromatic rings. The van der Waals surface area contributed by atoms with Gasteiger partial charge in [0.2, 0.25) is 0 Å². The topological polar surface area (TPSA) is 0 Å². The Labute approximate surface area is 84.1 Å². The summed E-state index contributed by atoms with van der Waals surface area (Å²) in [5.41, 5.74) is 0.972. The average molecular weight is 190 g/mol. The van der Waals surface area contributed by atoms with Gasteiger partial charge in [0.1, 0.15) is 5.82 Å². The van der Waals surface area contributed by atoms with Gasteiger partial charge >= 0.3 is 0 Å². The van der Waals surface area contributed by atoms with Crippen LogP contribution in [0, 0.1) is 17.7 Å². The van der Waals surface area contributed by atoms with Crippen LogP contribution in [0.3, 0.4) is 0 Å². The molecule has 2 aliphatic rings. The van der Waals surface area contributed by atoms with Crippen LogP contribution in [0.25, 0.3) is 0 Å². The summed E-state index contributed by atoms with van der Waals surface area (Å²) in [4.78, 5) is 0. The van der Waals surface area contributed by atoms with E-state index in [1.807, 2.05) is 12.1 Å². The lowest BCUT2D eigenvalue weighted by atomic mass is 9.83. The number of benzene rings is 1. The number of halogens is 1. The first-order valence-corrected chi connectivity index (χ1v) is 5.59. The second-order valence-corrected chi connectivity index (χ2v) is 4.80. The van der Waals surface area contributed by atoms with Crippen molar-refractivity contribution in [3.8, 4) is 0 Å². The van der Waals surface area contributed by atoms with E-state index in [4.69, 9.17) is 0 Å². The molecule has 1 heteroatoms. The van der Waals surface area contributed by atoms with E-state index in [1.165, 1.54) is 25.7 Å². The Balaban J connectivity index is 1.93. The molecular formula is C13H15F. The highest BCUT2D eigenvalue weighted by atomic mass is 19.1. The van der Waals surface area contributed by atoms with Gasteiger partial charge in [-0.05, 0) is 48.6 Å². The highest BCUT2D eigenvalue weighted by Gasteiger charge is 2.40. The Hall–Kier alpha value is -0.850. The Morgan fingerprint density at radius 3 is 2.57 bits per heavy atom. The highest BCUT2D eigenvalue weighted by Crippen LogP contribution is 2.53. The van der Waals surface area contributed by atoms with Crippen LogP contribution in [0.4, 0.5) is 4.39 Å². The third kappa shape index (κ3) is 1.18. The Bertz CT molecular complexity index is 345. The van der Waals surface area contributed by atoms with Crippen molar-refractivity contribution in [1.29, 1.82) is 0 Å². The molecule has 0 aliphatic heterocycles. The number of hydrogen-bond acceptors (Lipinski definition) is 0. The fourth-order valence-electron chi connectivity index (χ4n) is 3.40. The molecule has 0 spiro atoms. The van der Waals surface area contributed by atoms with E-state index in [2.05, 4.69) is 0 Å². The maximum Gasteiger partial charge on any atom is 0.126 e. The van der Waals surface area contributed by atoms with Crippen molar-refractivity contribution in [1.82, 2.24) is 0 Å². The van der Waals surface area contributed by atoms with E-state index in [0.29, 0.717) is 5.92 Å². The van der Waals surface area contributed by atoms with Crippen LogP contribution < -0.4 is 0 Å². The molecular weight excluding hydrogens is 175 g/mol. The van der Waals surface area contributed by atoms with E-state index < -0.39 is 0 Å². The lowest BCUT2D eigenvalue weighted by Crippen LogP contribution is -2.09. The molecule has 0 N–H and O–H groups in total. The largest absolute Gasteiger partial charge is 0.207 e. The van der Waals surface area contributed by atoms with Gasteiger partial charge in [0.25, 0.3) is 0 Å². The van der Waals surface area contributed by atoms with Gasteiger partial charge in [-0.3, -0.25) is 0 Å². The second-order valence-electron chi connectivity index (χ2n) is 4.80. The number of fused-ring (bicyclic) bond motifs is 2. The van der Waals surface area contributed by atoms with Gasteiger partial charge in [-0.2, -0.15) is 0 Å². The maximum absolute atomic E-state index is 13.6. The summed E-state index contributed by atoms with van der Waals surface area (Å²) in [7, 11) is 0. The minimum atomic E-state index is 0.00468. The molecule has 2 aliphatic carbocycles. The van der Waals surface area contributed by atoms with Gasteiger partial charge in [0, 0.05) is 0 Å². The van der Waals surface area contributed by atoms with Crippen LogP contribution >= 0.6 is 0 Å². The molecule has 2 bridgehead atoms. The monoisotopic (exact) mass is 190 g/mol. The van der Waals surface area contributed by atoms with Gasteiger partial charge in [-0.15, -0.1) is 0 Å². The lowest BCUT2D eigenvalue weighted by molar-refractivity contribution is 0.407. The predicted octanol–water partition coefficient (Wildman–Crippen LogP) is 3.73. The fourth-order valence-corrected chi connectivity index (χ4v) is 3.40. The van der Waals surface area contributed by atoms with Crippen molar-refractivity contribution in [3.05, 3.63) is 35.6 Å². The first kappa shape index (κ1) is 8.46. The summed E-state index contributed by atoms with van der Waals surface area (Å²) >= 11 is 0. The number of rotatable bonds is 1. The van der Waals surface area contributed by atoms with Crippen LogP contribution in [0.5, 0.6) is 0 Å². The molecule has 0 nitrogen and oxygen atoms in total. The van der Waals surface area contributed by atoms with Gasteiger partial charge in [-0.1, -0.05) is 24.6 Å². The Morgan fingerprint density at radius 2 is 1.93 bits per heavy atom. The minimum absolute atomic E-state index is 0.00468. The quantitative estimate of drug-likeness (QED) is 0.633. The zero-order valence-corrected chi connectivity index (χ0v) is 8.25. The molecule has 2 saturated carbocycles. The van der Waals surface area contributed by atoms with Crippen molar-refractivity contribution in [2.45, 2.75) is 31.6 Å². The van der Waals surface area contributed by atoms with Crippen molar-refractivity contribution >= 4 is 0 Å². The van der Waals surface area contributed by atoms with Gasteiger partial charge in [0.15, 0.2) is 0 Å². The maximum atomic E-state index is 13.6. The molecule has 0 aromatic heterocycles. The molecule has 14 heavy (non-hydrogen) atoms. The van der Waals surface area contributed by atoms with Crippen LogP contribution in [0.2, 0.25) is 0 Å². The van der Waals surface area contributed by atoms with Gasteiger partial charge in [0.05, 0.1) is 0 Å². The van der Waals surface area contributed by atoms with Gasteiger partial charge < -0.3 is 0 Å². The van der Waals surface area contributed by atoms with Crippen LogP contribution in [-0.4, -0.2) is 0 Å². The first-order chi connectivity index (χ1) is 6.84. The third-order valence-corrected chi connectivity index (χ3v) is 4.04. The summed E-state index contributed by atoms with van der Waals surface area (Å²) < 4.78 is 13.6. The summed E-state index contributed by atoms with van der Waals surface area (Å²) in [6, 6.07) is 7.32. The van der Waals surface area contributed by atoms with E-state index in [-0.39, 0.29) is 5.82 Å². The van der Waals surface area contributed by atoms with E-state index >= 15 is 0 Å². The smallest absolute Gasteiger partial charge is 0.126 e. The zero-order chi connectivity index (χ0) is 9.54. The fraction of sp³-hybridized carbons (Fsp3) is 0.538. The van der Waals surface area contributed by atoms with Crippen LogP contribution in [-0.2, 0) is 0 Å². The standard InChI is InChI=1S/C13H15F/c14-13-4-2-1-3-11(13)12-8-9-5-6-10(12)7-9/h1-4,9-10,12H,5-8H2/t9-,10+,12+/m1/s1. The average Bonchev–Trinajstić information content (AvgIpc) is 2.79. The van der Waals surface area contributed by atoms with E-state index in [9.17, 15) is 4.39 Å². The molecule has 3 atom stereocenters. The van der Waals surface area contributed by atoms with E-state index in [1.54, 1.807) is 12.1 Å². The first-order valence-electron chi connectivity index (χ1n) is 5.59. The lowest BCUT2D eigenvalue weighted by Gasteiger charge is -2.22. The van der Waals surface area contributed by atoms with Crippen molar-refractivity contribution in [3.63, 3.8) is 0 Å². The molecule has 0 amide bonds.